The van der Waals surface area contributed by atoms with Crippen molar-refractivity contribution in [2.75, 3.05) is 6.54 Å². The van der Waals surface area contributed by atoms with Gasteiger partial charge in [0.15, 0.2) is 0 Å². The van der Waals surface area contributed by atoms with E-state index < -0.39 is 0 Å². The van der Waals surface area contributed by atoms with Gasteiger partial charge in [0.05, 0.1) is 6.04 Å². The highest BCUT2D eigenvalue weighted by molar-refractivity contribution is 5.82. The lowest BCUT2D eigenvalue weighted by Gasteiger charge is -2.21. The van der Waals surface area contributed by atoms with Crippen molar-refractivity contribution in [1.29, 1.82) is 5.41 Å². The van der Waals surface area contributed by atoms with E-state index in [4.69, 9.17) is 11.1 Å². The second-order valence-corrected chi connectivity index (χ2v) is 2.46. The molecule has 0 spiro atoms. The molecule has 0 aromatic heterocycles. The average molecular weight is 127 g/mol. The number of piperidine rings is 1. The molecule has 4 N–H and O–H groups in total. The van der Waals surface area contributed by atoms with Crippen LogP contribution < -0.4 is 11.1 Å². The van der Waals surface area contributed by atoms with E-state index in [0.29, 0.717) is 0 Å². The zero-order valence-corrected chi connectivity index (χ0v) is 5.48. The highest BCUT2D eigenvalue weighted by Crippen LogP contribution is 2.05. The molecule has 1 heterocycles. The van der Waals surface area contributed by atoms with E-state index >= 15 is 0 Å². The lowest BCUT2D eigenvalue weighted by Crippen LogP contribution is -2.43. The summed E-state index contributed by atoms with van der Waals surface area (Å²) >= 11 is 0. The van der Waals surface area contributed by atoms with E-state index in [1.807, 2.05) is 0 Å². The van der Waals surface area contributed by atoms with Gasteiger partial charge in [0.1, 0.15) is 5.84 Å². The van der Waals surface area contributed by atoms with Crippen LogP contribution in [0.3, 0.4) is 0 Å². The van der Waals surface area contributed by atoms with Gasteiger partial charge in [0, 0.05) is 0 Å². The zero-order valence-electron chi connectivity index (χ0n) is 5.48. The van der Waals surface area contributed by atoms with Crippen LogP contribution in [0.1, 0.15) is 19.3 Å². The van der Waals surface area contributed by atoms with Gasteiger partial charge in [-0.2, -0.15) is 0 Å². The zero-order chi connectivity index (χ0) is 6.69. The minimum atomic E-state index is 0.166. The Labute approximate surface area is 55.1 Å². The molecule has 52 valence electrons. The quantitative estimate of drug-likeness (QED) is 0.344. The normalized spacial score (nSPS) is 27.8. The van der Waals surface area contributed by atoms with Gasteiger partial charge in [-0.15, -0.1) is 0 Å². The average Bonchev–Trinajstić information content (AvgIpc) is 1.90. The summed E-state index contributed by atoms with van der Waals surface area (Å²) in [6.45, 7) is 1.02. The van der Waals surface area contributed by atoms with Crippen LogP contribution in [0.15, 0.2) is 0 Å². The summed E-state index contributed by atoms with van der Waals surface area (Å²) < 4.78 is 0. The Morgan fingerprint density at radius 2 is 2.33 bits per heavy atom. The number of hydrogen-bond donors (Lipinski definition) is 3. The number of nitrogens with two attached hydrogens (primary N) is 1. The summed E-state index contributed by atoms with van der Waals surface area (Å²) in [5, 5.41) is 10.3. The molecule has 1 rings (SSSR count). The van der Waals surface area contributed by atoms with Crippen LogP contribution in [-0.4, -0.2) is 18.4 Å². The van der Waals surface area contributed by atoms with Crippen molar-refractivity contribution in [1.82, 2.24) is 5.32 Å². The molecule has 0 aliphatic carbocycles. The van der Waals surface area contributed by atoms with Crippen LogP contribution >= 0.6 is 0 Å². The maximum absolute atomic E-state index is 7.10. The summed E-state index contributed by atoms with van der Waals surface area (Å²) in [5.74, 6) is 0.287. The van der Waals surface area contributed by atoms with Gasteiger partial charge < -0.3 is 11.1 Å². The van der Waals surface area contributed by atoms with Gasteiger partial charge >= 0.3 is 0 Å². The van der Waals surface area contributed by atoms with Crippen LogP contribution in [0, 0.1) is 5.41 Å². The molecule has 1 atom stereocenters. The van der Waals surface area contributed by atoms with Crippen molar-refractivity contribution in [3.05, 3.63) is 0 Å². The monoisotopic (exact) mass is 127 g/mol. The molecule has 0 amide bonds. The van der Waals surface area contributed by atoms with Crippen LogP contribution in [0.5, 0.6) is 0 Å². The molecule has 0 saturated carbocycles. The van der Waals surface area contributed by atoms with Crippen molar-refractivity contribution >= 4 is 5.84 Å². The first-order chi connectivity index (χ1) is 4.30. The van der Waals surface area contributed by atoms with Crippen LogP contribution in [-0.2, 0) is 0 Å². The molecule has 1 aliphatic rings. The van der Waals surface area contributed by atoms with Gasteiger partial charge in [0.25, 0.3) is 0 Å². The topological polar surface area (TPSA) is 61.9 Å². The van der Waals surface area contributed by atoms with E-state index in [-0.39, 0.29) is 11.9 Å². The van der Waals surface area contributed by atoms with E-state index in [1.54, 1.807) is 0 Å². The largest absolute Gasteiger partial charge is 0.386 e. The van der Waals surface area contributed by atoms with E-state index in [9.17, 15) is 0 Å². The Morgan fingerprint density at radius 3 is 2.67 bits per heavy atom. The fourth-order valence-electron chi connectivity index (χ4n) is 1.12. The maximum atomic E-state index is 7.10. The van der Waals surface area contributed by atoms with Crippen LogP contribution in [0.2, 0.25) is 0 Å². The predicted octanol–water partition coefficient (Wildman–Crippen LogP) is 0.0645. The summed E-state index contributed by atoms with van der Waals surface area (Å²) in [4.78, 5) is 0. The van der Waals surface area contributed by atoms with E-state index in [2.05, 4.69) is 5.32 Å². The Kier molecular flexibility index (Phi) is 2.05. The molecule has 1 fully saturated rings. The second kappa shape index (κ2) is 2.82. The lowest BCUT2D eigenvalue weighted by atomic mass is 10.0. The maximum Gasteiger partial charge on any atom is 0.108 e. The fourth-order valence-corrected chi connectivity index (χ4v) is 1.12. The standard InChI is InChI=1S/C6H13N3/c7-6(8)5-3-1-2-4-9-5/h5,9H,1-4H2,(H3,7,8)/t5-/m1/s1. The van der Waals surface area contributed by atoms with Crippen molar-refractivity contribution in [3.63, 3.8) is 0 Å². The van der Waals surface area contributed by atoms with Crippen molar-refractivity contribution < 1.29 is 0 Å². The van der Waals surface area contributed by atoms with Crippen LogP contribution in [0.4, 0.5) is 0 Å². The summed E-state index contributed by atoms with van der Waals surface area (Å²) in [6.07, 6.45) is 3.47. The SMILES string of the molecule is N=C(N)[C@H]1CCCCN1. The van der Waals surface area contributed by atoms with E-state index in [1.165, 1.54) is 12.8 Å². The van der Waals surface area contributed by atoms with Gasteiger partial charge in [-0.1, -0.05) is 6.42 Å². The minimum Gasteiger partial charge on any atom is -0.386 e. The summed E-state index contributed by atoms with van der Waals surface area (Å²) in [6, 6.07) is 0.166. The number of hydrogen-bond acceptors (Lipinski definition) is 2. The summed E-state index contributed by atoms with van der Waals surface area (Å²) in [5.41, 5.74) is 5.29. The first kappa shape index (κ1) is 6.55. The van der Waals surface area contributed by atoms with Gasteiger partial charge in [-0.3, -0.25) is 5.41 Å². The van der Waals surface area contributed by atoms with Gasteiger partial charge in [-0.25, -0.2) is 0 Å². The smallest absolute Gasteiger partial charge is 0.108 e. The first-order valence-corrected chi connectivity index (χ1v) is 3.38. The lowest BCUT2D eigenvalue weighted by molar-refractivity contribution is 0.468. The molecular formula is C6H13N3. The molecule has 0 aromatic rings. The Bertz CT molecular complexity index is 105. The van der Waals surface area contributed by atoms with Crippen LogP contribution in [0.25, 0.3) is 0 Å². The molecule has 3 nitrogen and oxygen atoms in total. The predicted molar refractivity (Wildman–Crippen MR) is 37.6 cm³/mol. The van der Waals surface area contributed by atoms with Crippen molar-refractivity contribution in [2.45, 2.75) is 25.3 Å². The molecule has 3 heteroatoms. The molecule has 9 heavy (non-hydrogen) atoms. The fraction of sp³-hybridized carbons (Fsp3) is 0.833. The Hall–Kier alpha value is -0.570. The van der Waals surface area contributed by atoms with E-state index in [0.717, 1.165) is 13.0 Å². The Balaban J connectivity index is 2.31. The Morgan fingerprint density at radius 1 is 1.56 bits per heavy atom. The second-order valence-electron chi connectivity index (χ2n) is 2.46. The molecule has 0 bridgehead atoms. The molecule has 0 unspecified atom stereocenters. The van der Waals surface area contributed by atoms with Crippen molar-refractivity contribution in [3.8, 4) is 0 Å². The number of nitrogens with one attached hydrogen (secondary N) is 2. The third kappa shape index (κ3) is 1.68. The summed E-state index contributed by atoms with van der Waals surface area (Å²) in [7, 11) is 0. The molecule has 0 radical (unpaired) electrons. The third-order valence-electron chi connectivity index (χ3n) is 1.69. The highest BCUT2D eigenvalue weighted by Gasteiger charge is 2.13. The molecule has 1 aliphatic heterocycles. The molecule has 1 saturated heterocycles. The van der Waals surface area contributed by atoms with Gasteiger partial charge in [-0.05, 0) is 19.4 Å². The molecule has 0 aromatic carbocycles. The first-order valence-electron chi connectivity index (χ1n) is 3.38. The number of rotatable bonds is 1. The number of amidine groups is 1. The third-order valence-corrected chi connectivity index (χ3v) is 1.69. The van der Waals surface area contributed by atoms with Gasteiger partial charge in [0.2, 0.25) is 0 Å². The minimum absolute atomic E-state index is 0.166. The van der Waals surface area contributed by atoms with Crippen molar-refractivity contribution in [2.24, 2.45) is 5.73 Å². The molecular weight excluding hydrogens is 114 g/mol. The highest BCUT2D eigenvalue weighted by atomic mass is 15.0.